The van der Waals surface area contributed by atoms with E-state index < -0.39 is 0 Å². The molecule has 6 nitrogen and oxygen atoms in total. The Morgan fingerprint density at radius 3 is 2.64 bits per heavy atom. The fraction of sp³-hybridized carbons (Fsp3) is 0.684. The maximum Gasteiger partial charge on any atom is 0.317 e. The Kier molecular flexibility index (Phi) is 6.13. The van der Waals surface area contributed by atoms with Gasteiger partial charge in [0, 0.05) is 51.3 Å². The summed E-state index contributed by atoms with van der Waals surface area (Å²) in [5.41, 5.74) is 1.25. The number of aliphatic hydroxyl groups is 1. The minimum absolute atomic E-state index is 0.0751. The van der Waals surface area contributed by atoms with Gasteiger partial charge in [0.1, 0.15) is 0 Å². The zero-order chi connectivity index (χ0) is 17.6. The quantitative estimate of drug-likeness (QED) is 0.793. The van der Waals surface area contributed by atoms with E-state index in [9.17, 15) is 9.90 Å². The fourth-order valence-electron chi connectivity index (χ4n) is 3.55. The Balaban J connectivity index is 1.31. The summed E-state index contributed by atoms with van der Waals surface area (Å²) >= 11 is 0. The number of hydrogen-bond donors (Lipinski definition) is 2. The van der Waals surface area contributed by atoms with Crippen molar-refractivity contribution in [3.63, 3.8) is 0 Å². The van der Waals surface area contributed by atoms with Crippen LogP contribution >= 0.6 is 0 Å². The van der Waals surface area contributed by atoms with Gasteiger partial charge in [-0.25, -0.2) is 4.79 Å². The van der Waals surface area contributed by atoms with Crippen molar-refractivity contribution in [2.75, 3.05) is 38.1 Å². The lowest BCUT2D eigenvalue weighted by Crippen LogP contribution is -2.42. The largest absolute Gasteiger partial charge is 0.391 e. The number of carbonyl (C=O) groups excluding carboxylic acids is 1. The molecule has 2 fully saturated rings. The lowest BCUT2D eigenvalue weighted by molar-refractivity contribution is 0.113. The normalized spacial score (nSPS) is 19.5. The first kappa shape index (κ1) is 18.0. The molecule has 0 spiro atoms. The van der Waals surface area contributed by atoms with Crippen LogP contribution in [0.25, 0.3) is 0 Å². The Labute approximate surface area is 150 Å². The number of anilines is 1. The lowest BCUT2D eigenvalue weighted by atomic mass is 9.93. The second kappa shape index (κ2) is 8.52. The van der Waals surface area contributed by atoms with Crippen LogP contribution < -0.4 is 10.2 Å². The van der Waals surface area contributed by atoms with Gasteiger partial charge in [-0.05, 0) is 56.1 Å². The van der Waals surface area contributed by atoms with Crippen LogP contribution in [0.1, 0.15) is 32.1 Å². The molecule has 138 valence electrons. The number of hydrogen-bond acceptors (Lipinski definition) is 4. The van der Waals surface area contributed by atoms with Crippen molar-refractivity contribution in [2.24, 2.45) is 11.8 Å². The van der Waals surface area contributed by atoms with Crippen LogP contribution in [0.4, 0.5) is 10.5 Å². The van der Waals surface area contributed by atoms with E-state index in [4.69, 9.17) is 0 Å². The summed E-state index contributed by atoms with van der Waals surface area (Å²) in [4.78, 5) is 20.2. The Hall–Kier alpha value is -1.82. The van der Waals surface area contributed by atoms with Crippen LogP contribution in [0.3, 0.4) is 0 Å². The molecule has 1 atom stereocenters. The zero-order valence-electron chi connectivity index (χ0n) is 15.1. The smallest absolute Gasteiger partial charge is 0.317 e. The molecule has 6 heteroatoms. The van der Waals surface area contributed by atoms with Gasteiger partial charge in [0.05, 0.1) is 6.10 Å². The van der Waals surface area contributed by atoms with Gasteiger partial charge in [-0.3, -0.25) is 4.98 Å². The molecule has 1 aromatic rings. The van der Waals surface area contributed by atoms with Gasteiger partial charge in [0.15, 0.2) is 0 Å². The number of nitrogens with zero attached hydrogens (tertiary/aromatic N) is 3. The van der Waals surface area contributed by atoms with Crippen LogP contribution in [0.5, 0.6) is 0 Å². The summed E-state index contributed by atoms with van der Waals surface area (Å²) in [7, 11) is 1.76. The van der Waals surface area contributed by atoms with E-state index in [-0.39, 0.29) is 12.1 Å². The van der Waals surface area contributed by atoms with Crippen molar-refractivity contribution < 1.29 is 9.90 Å². The second-order valence-corrected chi connectivity index (χ2v) is 7.44. The molecule has 2 amide bonds. The number of nitrogens with one attached hydrogen (secondary N) is 1. The third-order valence-corrected chi connectivity index (χ3v) is 5.44. The van der Waals surface area contributed by atoms with E-state index in [1.807, 2.05) is 12.4 Å². The summed E-state index contributed by atoms with van der Waals surface area (Å²) in [5.74, 6) is 1.07. The highest BCUT2D eigenvalue weighted by Gasteiger charge is 2.31. The molecular formula is C19H30N4O2. The molecule has 25 heavy (non-hydrogen) atoms. The average molecular weight is 346 g/mol. The fourth-order valence-corrected chi connectivity index (χ4v) is 3.55. The molecule has 2 N–H and O–H groups in total. The molecule has 1 unspecified atom stereocenters. The molecule has 0 bridgehead atoms. The molecular weight excluding hydrogens is 316 g/mol. The van der Waals surface area contributed by atoms with Crippen molar-refractivity contribution in [1.29, 1.82) is 0 Å². The predicted octanol–water partition coefficient (Wildman–Crippen LogP) is 2.10. The van der Waals surface area contributed by atoms with E-state index in [0.717, 1.165) is 45.2 Å². The van der Waals surface area contributed by atoms with Crippen LogP contribution in [-0.4, -0.2) is 60.4 Å². The number of rotatable bonds is 7. The topological polar surface area (TPSA) is 68.7 Å². The van der Waals surface area contributed by atoms with Gasteiger partial charge in [-0.1, -0.05) is 0 Å². The average Bonchev–Trinajstić information content (AvgIpc) is 3.48. The van der Waals surface area contributed by atoms with Crippen molar-refractivity contribution in [3.8, 4) is 0 Å². The highest BCUT2D eigenvalue weighted by Crippen LogP contribution is 2.32. The molecule has 3 rings (SSSR count). The first-order valence-electron chi connectivity index (χ1n) is 9.45. The molecule has 1 saturated carbocycles. The Morgan fingerprint density at radius 2 is 2.00 bits per heavy atom. The Bertz CT molecular complexity index is 542. The van der Waals surface area contributed by atoms with E-state index in [1.165, 1.54) is 5.69 Å². The highest BCUT2D eigenvalue weighted by atomic mass is 16.3. The monoisotopic (exact) mass is 346 g/mol. The molecule has 2 heterocycles. The summed E-state index contributed by atoms with van der Waals surface area (Å²) in [6.45, 7) is 3.27. The summed E-state index contributed by atoms with van der Waals surface area (Å²) < 4.78 is 0. The van der Waals surface area contributed by atoms with Gasteiger partial charge < -0.3 is 20.2 Å². The van der Waals surface area contributed by atoms with E-state index in [1.54, 1.807) is 11.9 Å². The van der Waals surface area contributed by atoms with Gasteiger partial charge in [0.25, 0.3) is 0 Å². The summed E-state index contributed by atoms with van der Waals surface area (Å²) in [5, 5.41) is 12.9. The molecule has 2 aliphatic rings. The number of urea groups is 1. The first-order valence-corrected chi connectivity index (χ1v) is 9.45. The van der Waals surface area contributed by atoms with Gasteiger partial charge in [-0.15, -0.1) is 0 Å². The lowest BCUT2D eigenvalue weighted by Gasteiger charge is -2.33. The summed E-state index contributed by atoms with van der Waals surface area (Å²) in [6, 6.07) is 4.05. The van der Waals surface area contributed by atoms with Crippen LogP contribution in [0, 0.1) is 11.8 Å². The van der Waals surface area contributed by atoms with Gasteiger partial charge in [0.2, 0.25) is 0 Å². The third-order valence-electron chi connectivity index (χ3n) is 5.44. The number of carbonyl (C=O) groups is 1. The number of likely N-dealkylation sites (N-methyl/N-ethyl adjacent to an activating group) is 1. The minimum atomic E-state index is -0.367. The maximum absolute atomic E-state index is 12.1. The zero-order valence-corrected chi connectivity index (χ0v) is 15.1. The van der Waals surface area contributed by atoms with E-state index >= 15 is 0 Å². The van der Waals surface area contributed by atoms with Crippen molar-refractivity contribution in [1.82, 2.24) is 15.2 Å². The van der Waals surface area contributed by atoms with Gasteiger partial charge in [-0.2, -0.15) is 0 Å². The second-order valence-electron chi connectivity index (χ2n) is 7.44. The van der Waals surface area contributed by atoms with Crippen LogP contribution in [0.2, 0.25) is 0 Å². The predicted molar refractivity (Wildman–Crippen MR) is 98.6 cm³/mol. The number of pyridine rings is 1. The third kappa shape index (κ3) is 5.33. The SMILES string of the molecule is CN(CC(O)C1CC1)C(=O)NCCC1CCN(c2ccncc2)CC1. The van der Waals surface area contributed by atoms with Crippen molar-refractivity contribution in [2.45, 2.75) is 38.2 Å². The van der Waals surface area contributed by atoms with Crippen LogP contribution in [0.15, 0.2) is 24.5 Å². The number of aliphatic hydroxyl groups excluding tert-OH is 1. The molecule has 1 saturated heterocycles. The molecule has 1 aliphatic carbocycles. The van der Waals surface area contributed by atoms with Crippen LogP contribution in [-0.2, 0) is 0 Å². The van der Waals surface area contributed by atoms with Crippen molar-refractivity contribution >= 4 is 11.7 Å². The number of aromatic nitrogens is 1. The number of amides is 2. The van der Waals surface area contributed by atoms with E-state index in [0.29, 0.717) is 24.9 Å². The highest BCUT2D eigenvalue weighted by molar-refractivity contribution is 5.73. The minimum Gasteiger partial charge on any atom is -0.391 e. The molecule has 0 radical (unpaired) electrons. The van der Waals surface area contributed by atoms with Crippen molar-refractivity contribution in [3.05, 3.63) is 24.5 Å². The molecule has 1 aliphatic heterocycles. The standard InChI is InChI=1S/C19H30N4O2/c1-22(14-18(24)16-2-3-16)19(25)21-11-4-15-7-12-23(13-8-15)17-5-9-20-10-6-17/h5-6,9-10,15-16,18,24H,2-4,7-8,11-14H2,1H3,(H,21,25). The van der Waals surface area contributed by atoms with Gasteiger partial charge >= 0.3 is 6.03 Å². The summed E-state index contributed by atoms with van der Waals surface area (Å²) in [6.07, 6.45) is 8.84. The number of piperidine rings is 1. The van der Waals surface area contributed by atoms with E-state index in [2.05, 4.69) is 27.3 Å². The molecule has 1 aromatic heterocycles. The maximum atomic E-state index is 12.1. The first-order chi connectivity index (χ1) is 12.1. The molecule has 0 aromatic carbocycles. The Morgan fingerprint density at radius 1 is 1.32 bits per heavy atom.